The first-order valence-corrected chi connectivity index (χ1v) is 5.12. The fourth-order valence-electron chi connectivity index (χ4n) is 1.21. The number of nitriles is 1. The Hall–Kier alpha value is -1.67. The summed E-state index contributed by atoms with van der Waals surface area (Å²) in [6.45, 7) is 0.152. The molecule has 0 N–H and O–H groups in total. The summed E-state index contributed by atoms with van der Waals surface area (Å²) in [6, 6.07) is 3.36. The Kier molecular flexibility index (Phi) is 4.41. The lowest BCUT2D eigenvalue weighted by molar-refractivity contribution is 0.0793. The van der Waals surface area contributed by atoms with Gasteiger partial charge in [-0.2, -0.15) is 5.26 Å². The van der Waals surface area contributed by atoms with Gasteiger partial charge in [-0.05, 0) is 12.1 Å². The minimum absolute atomic E-state index is 0.125. The standard InChI is InChI=1S/C11H9ClF2N2O/c1-16(4-2-3-15)11(17)7-5-10(14)8(12)6-9(7)13/h5-6H,2,4H2,1H3. The van der Waals surface area contributed by atoms with Crippen LogP contribution < -0.4 is 0 Å². The van der Waals surface area contributed by atoms with Crippen LogP contribution in [0, 0.1) is 23.0 Å². The lowest BCUT2D eigenvalue weighted by Crippen LogP contribution is -2.28. The van der Waals surface area contributed by atoms with Crippen LogP contribution in [0.15, 0.2) is 12.1 Å². The van der Waals surface area contributed by atoms with E-state index in [1.165, 1.54) is 7.05 Å². The zero-order valence-electron chi connectivity index (χ0n) is 9.01. The Balaban J connectivity index is 2.97. The molecule has 0 saturated carbocycles. The Labute approximate surface area is 102 Å². The summed E-state index contributed by atoms with van der Waals surface area (Å²) in [5.74, 6) is -2.43. The molecule has 0 aliphatic heterocycles. The molecule has 0 aliphatic carbocycles. The highest BCUT2D eigenvalue weighted by Gasteiger charge is 2.18. The fraction of sp³-hybridized carbons (Fsp3) is 0.273. The predicted octanol–water partition coefficient (Wildman–Crippen LogP) is 2.60. The molecular weight excluding hydrogens is 250 g/mol. The number of amides is 1. The van der Waals surface area contributed by atoms with Crippen molar-refractivity contribution in [3.05, 3.63) is 34.4 Å². The zero-order chi connectivity index (χ0) is 13.0. The number of halogens is 3. The van der Waals surface area contributed by atoms with Crippen molar-refractivity contribution in [3.8, 4) is 6.07 Å². The molecule has 0 bridgehead atoms. The number of hydrogen-bond acceptors (Lipinski definition) is 2. The van der Waals surface area contributed by atoms with Crippen LogP contribution in [0.1, 0.15) is 16.8 Å². The molecule has 0 radical (unpaired) electrons. The van der Waals surface area contributed by atoms with Gasteiger partial charge in [0.2, 0.25) is 0 Å². The molecule has 3 nitrogen and oxygen atoms in total. The molecule has 90 valence electrons. The molecule has 0 unspecified atom stereocenters. The maximum Gasteiger partial charge on any atom is 0.256 e. The van der Waals surface area contributed by atoms with Crippen LogP contribution in [0.3, 0.4) is 0 Å². The Morgan fingerprint density at radius 1 is 1.47 bits per heavy atom. The molecule has 1 aromatic rings. The molecule has 0 heterocycles. The maximum atomic E-state index is 13.4. The normalized spacial score (nSPS) is 9.82. The third-order valence-corrected chi connectivity index (χ3v) is 2.44. The van der Waals surface area contributed by atoms with Crippen LogP contribution in [0.4, 0.5) is 8.78 Å². The minimum Gasteiger partial charge on any atom is -0.341 e. The zero-order valence-corrected chi connectivity index (χ0v) is 9.76. The lowest BCUT2D eigenvalue weighted by atomic mass is 10.2. The van der Waals surface area contributed by atoms with E-state index in [0.717, 1.165) is 17.0 Å². The van der Waals surface area contributed by atoms with E-state index in [1.807, 2.05) is 6.07 Å². The van der Waals surface area contributed by atoms with Crippen LogP contribution in [0.2, 0.25) is 5.02 Å². The second-order valence-electron chi connectivity index (χ2n) is 3.38. The summed E-state index contributed by atoms with van der Waals surface area (Å²) in [7, 11) is 1.41. The summed E-state index contributed by atoms with van der Waals surface area (Å²) in [6.07, 6.45) is 0.125. The summed E-state index contributed by atoms with van der Waals surface area (Å²) in [5, 5.41) is 7.99. The predicted molar refractivity (Wildman–Crippen MR) is 58.6 cm³/mol. The van der Waals surface area contributed by atoms with E-state index in [2.05, 4.69) is 0 Å². The van der Waals surface area contributed by atoms with Crippen molar-refractivity contribution in [1.29, 1.82) is 5.26 Å². The first-order valence-electron chi connectivity index (χ1n) is 4.74. The lowest BCUT2D eigenvalue weighted by Gasteiger charge is -2.16. The van der Waals surface area contributed by atoms with Crippen molar-refractivity contribution in [1.82, 2.24) is 4.90 Å². The summed E-state index contributed by atoms with van der Waals surface area (Å²) in [5.41, 5.74) is -0.396. The molecule has 1 rings (SSSR count). The summed E-state index contributed by atoms with van der Waals surface area (Å²) in [4.78, 5) is 12.8. The third-order valence-electron chi connectivity index (χ3n) is 2.15. The van der Waals surface area contributed by atoms with Crippen LogP contribution in [0.25, 0.3) is 0 Å². The number of nitrogens with zero attached hydrogens (tertiary/aromatic N) is 2. The minimum atomic E-state index is -0.884. The molecule has 17 heavy (non-hydrogen) atoms. The van der Waals surface area contributed by atoms with E-state index in [9.17, 15) is 13.6 Å². The van der Waals surface area contributed by atoms with Gasteiger partial charge in [-0.1, -0.05) is 11.6 Å². The number of hydrogen-bond donors (Lipinski definition) is 0. The van der Waals surface area contributed by atoms with E-state index < -0.39 is 23.1 Å². The smallest absolute Gasteiger partial charge is 0.256 e. The number of benzene rings is 1. The van der Waals surface area contributed by atoms with Crippen molar-refractivity contribution in [2.75, 3.05) is 13.6 Å². The van der Waals surface area contributed by atoms with Crippen molar-refractivity contribution < 1.29 is 13.6 Å². The molecular formula is C11H9ClF2N2O. The molecule has 6 heteroatoms. The molecule has 0 fully saturated rings. The molecule has 0 atom stereocenters. The molecule has 0 saturated heterocycles. The van der Waals surface area contributed by atoms with E-state index >= 15 is 0 Å². The first kappa shape index (κ1) is 13.4. The fourth-order valence-corrected chi connectivity index (χ4v) is 1.36. The van der Waals surface area contributed by atoms with Gasteiger partial charge in [0.1, 0.15) is 11.6 Å². The van der Waals surface area contributed by atoms with Crippen molar-refractivity contribution in [2.24, 2.45) is 0 Å². The van der Waals surface area contributed by atoms with Gasteiger partial charge in [-0.15, -0.1) is 0 Å². The van der Waals surface area contributed by atoms with Gasteiger partial charge in [0.25, 0.3) is 5.91 Å². The van der Waals surface area contributed by atoms with Gasteiger partial charge in [0.15, 0.2) is 0 Å². The highest BCUT2D eigenvalue weighted by molar-refractivity contribution is 6.30. The van der Waals surface area contributed by atoms with Crippen LogP contribution >= 0.6 is 11.6 Å². The highest BCUT2D eigenvalue weighted by Crippen LogP contribution is 2.20. The van der Waals surface area contributed by atoms with Gasteiger partial charge in [0, 0.05) is 13.6 Å². The van der Waals surface area contributed by atoms with E-state index in [1.54, 1.807) is 0 Å². The molecule has 0 aromatic heterocycles. The summed E-state index contributed by atoms with van der Waals surface area (Å²) >= 11 is 5.37. The number of carbonyl (C=O) groups excluding carboxylic acids is 1. The largest absolute Gasteiger partial charge is 0.341 e. The average Bonchev–Trinajstić information content (AvgIpc) is 2.29. The van der Waals surface area contributed by atoms with Crippen molar-refractivity contribution in [2.45, 2.75) is 6.42 Å². The SMILES string of the molecule is CN(CCC#N)C(=O)c1cc(F)c(Cl)cc1F. The first-order chi connectivity index (χ1) is 7.97. The van der Waals surface area contributed by atoms with Gasteiger partial charge in [-0.3, -0.25) is 4.79 Å². The highest BCUT2D eigenvalue weighted by atomic mass is 35.5. The second kappa shape index (κ2) is 5.60. The molecule has 0 spiro atoms. The van der Waals surface area contributed by atoms with Crippen LogP contribution in [-0.4, -0.2) is 24.4 Å². The Morgan fingerprint density at radius 2 is 2.12 bits per heavy atom. The number of rotatable bonds is 3. The number of carbonyl (C=O) groups is 1. The van der Waals surface area contributed by atoms with Crippen molar-refractivity contribution >= 4 is 17.5 Å². The Morgan fingerprint density at radius 3 is 2.71 bits per heavy atom. The van der Waals surface area contributed by atoms with Crippen LogP contribution in [-0.2, 0) is 0 Å². The van der Waals surface area contributed by atoms with Gasteiger partial charge < -0.3 is 4.90 Å². The van der Waals surface area contributed by atoms with E-state index in [0.29, 0.717) is 0 Å². The molecule has 1 amide bonds. The summed E-state index contributed by atoms with van der Waals surface area (Å²) < 4.78 is 26.5. The van der Waals surface area contributed by atoms with Gasteiger partial charge in [-0.25, -0.2) is 8.78 Å². The van der Waals surface area contributed by atoms with Gasteiger partial charge >= 0.3 is 0 Å². The topological polar surface area (TPSA) is 44.1 Å². The van der Waals surface area contributed by atoms with Gasteiger partial charge in [0.05, 0.1) is 23.1 Å². The molecule has 1 aromatic carbocycles. The Bertz CT molecular complexity index is 485. The van der Waals surface area contributed by atoms with E-state index in [-0.39, 0.29) is 18.0 Å². The van der Waals surface area contributed by atoms with Crippen molar-refractivity contribution in [3.63, 3.8) is 0 Å². The maximum absolute atomic E-state index is 13.4. The quantitative estimate of drug-likeness (QED) is 0.782. The monoisotopic (exact) mass is 258 g/mol. The van der Waals surface area contributed by atoms with Crippen LogP contribution in [0.5, 0.6) is 0 Å². The second-order valence-corrected chi connectivity index (χ2v) is 3.79. The molecule has 0 aliphatic rings. The van der Waals surface area contributed by atoms with E-state index in [4.69, 9.17) is 16.9 Å². The average molecular weight is 259 g/mol. The third kappa shape index (κ3) is 3.14.